The highest BCUT2D eigenvalue weighted by Crippen LogP contribution is 2.23. The van der Waals surface area contributed by atoms with E-state index < -0.39 is 0 Å². The van der Waals surface area contributed by atoms with Crippen molar-refractivity contribution in [2.75, 3.05) is 23.4 Å². The predicted octanol–water partition coefficient (Wildman–Crippen LogP) is 2.40. The van der Waals surface area contributed by atoms with Gasteiger partial charge in [0.05, 0.1) is 11.7 Å². The molecule has 1 saturated heterocycles. The molecule has 1 heterocycles. The van der Waals surface area contributed by atoms with Crippen LogP contribution >= 0.6 is 27.7 Å². The summed E-state index contributed by atoms with van der Waals surface area (Å²) < 4.78 is 0.925. The first-order valence-corrected chi connectivity index (χ1v) is 7.50. The van der Waals surface area contributed by atoms with Crippen LogP contribution in [0.15, 0.2) is 22.7 Å². The van der Waals surface area contributed by atoms with Crippen molar-refractivity contribution in [1.82, 2.24) is 5.32 Å². The van der Waals surface area contributed by atoms with E-state index in [0.29, 0.717) is 0 Å². The summed E-state index contributed by atoms with van der Waals surface area (Å²) in [7, 11) is 0. The zero-order chi connectivity index (χ0) is 12.3. The lowest BCUT2D eigenvalue weighted by Gasteiger charge is -2.22. The van der Waals surface area contributed by atoms with E-state index in [0.717, 1.165) is 28.2 Å². The van der Waals surface area contributed by atoms with E-state index in [2.05, 4.69) is 26.6 Å². The normalized spacial score (nSPS) is 20.0. The number of hydrogen-bond donors (Lipinski definition) is 2. The molecular formula is C12H15BrN2OS. The van der Waals surface area contributed by atoms with E-state index in [4.69, 9.17) is 0 Å². The third-order valence-electron chi connectivity index (χ3n) is 2.62. The highest BCUT2D eigenvalue weighted by atomic mass is 79.9. The van der Waals surface area contributed by atoms with E-state index in [1.54, 1.807) is 0 Å². The Morgan fingerprint density at radius 2 is 2.41 bits per heavy atom. The Kier molecular flexibility index (Phi) is 4.48. The van der Waals surface area contributed by atoms with Crippen molar-refractivity contribution >= 4 is 39.3 Å². The van der Waals surface area contributed by atoms with E-state index in [-0.39, 0.29) is 11.9 Å². The third-order valence-corrected chi connectivity index (χ3v) is 4.34. The summed E-state index contributed by atoms with van der Waals surface area (Å²) in [4.78, 5) is 12.0. The third kappa shape index (κ3) is 3.47. The number of thioether (sulfide) groups is 1. The molecule has 5 heteroatoms. The van der Waals surface area contributed by atoms with Crippen LogP contribution in [0.2, 0.25) is 0 Å². The van der Waals surface area contributed by atoms with Crippen molar-refractivity contribution in [3.63, 3.8) is 0 Å². The molecular weight excluding hydrogens is 300 g/mol. The number of halogens is 1. The van der Waals surface area contributed by atoms with Gasteiger partial charge in [-0.15, -0.1) is 0 Å². The number of hydrogen-bond acceptors (Lipinski definition) is 3. The van der Waals surface area contributed by atoms with E-state index in [1.165, 1.54) is 5.56 Å². The Balaban J connectivity index is 2.02. The molecule has 92 valence electrons. The Bertz CT molecular complexity index is 419. The molecule has 1 amide bonds. The lowest BCUT2D eigenvalue weighted by molar-refractivity contribution is -0.117. The molecule has 2 rings (SSSR count). The van der Waals surface area contributed by atoms with Crippen molar-refractivity contribution in [3.8, 4) is 0 Å². The van der Waals surface area contributed by atoms with Crippen LogP contribution in [0.5, 0.6) is 0 Å². The molecule has 1 aliphatic heterocycles. The maximum absolute atomic E-state index is 12.0. The monoisotopic (exact) mass is 314 g/mol. The number of rotatable bonds is 2. The first-order valence-electron chi connectivity index (χ1n) is 5.55. The van der Waals surface area contributed by atoms with Crippen LogP contribution in [0.1, 0.15) is 5.56 Å². The van der Waals surface area contributed by atoms with Gasteiger partial charge in [-0.25, -0.2) is 0 Å². The second kappa shape index (κ2) is 5.89. The van der Waals surface area contributed by atoms with Crippen molar-refractivity contribution in [1.29, 1.82) is 0 Å². The fourth-order valence-electron chi connectivity index (χ4n) is 1.68. The van der Waals surface area contributed by atoms with Gasteiger partial charge in [0.25, 0.3) is 0 Å². The van der Waals surface area contributed by atoms with Crippen LogP contribution < -0.4 is 10.6 Å². The van der Waals surface area contributed by atoms with Crippen LogP contribution in [0.3, 0.4) is 0 Å². The number of amides is 1. The standard InChI is InChI=1S/C12H15BrN2OS/c1-8-2-3-10(9(13)6-8)15-12(16)11-7-17-5-4-14-11/h2-3,6,11,14H,4-5,7H2,1H3,(H,15,16). The minimum Gasteiger partial charge on any atom is -0.324 e. The number of aryl methyl sites for hydroxylation is 1. The summed E-state index contributed by atoms with van der Waals surface area (Å²) in [5.41, 5.74) is 2.00. The summed E-state index contributed by atoms with van der Waals surface area (Å²) in [6, 6.07) is 5.83. The van der Waals surface area contributed by atoms with E-state index in [9.17, 15) is 4.79 Å². The highest BCUT2D eigenvalue weighted by Gasteiger charge is 2.21. The molecule has 1 aliphatic rings. The average Bonchev–Trinajstić information content (AvgIpc) is 2.34. The minimum atomic E-state index is -0.0815. The number of benzene rings is 1. The molecule has 0 spiro atoms. The van der Waals surface area contributed by atoms with Crippen LogP contribution in [0, 0.1) is 6.92 Å². The van der Waals surface area contributed by atoms with Crippen LogP contribution in [-0.4, -0.2) is 30.0 Å². The van der Waals surface area contributed by atoms with Crippen molar-refractivity contribution in [2.24, 2.45) is 0 Å². The van der Waals surface area contributed by atoms with Gasteiger partial charge in [0, 0.05) is 22.5 Å². The molecule has 0 radical (unpaired) electrons. The Labute approximate surface area is 114 Å². The Morgan fingerprint density at radius 3 is 3.06 bits per heavy atom. The summed E-state index contributed by atoms with van der Waals surface area (Å²) in [5, 5.41) is 6.17. The van der Waals surface area contributed by atoms with Crippen molar-refractivity contribution in [3.05, 3.63) is 28.2 Å². The van der Waals surface area contributed by atoms with Gasteiger partial charge in [-0.3, -0.25) is 4.79 Å². The van der Waals surface area contributed by atoms with Crippen LogP contribution in [0.25, 0.3) is 0 Å². The maximum atomic E-state index is 12.0. The molecule has 0 aromatic heterocycles. The lowest BCUT2D eigenvalue weighted by Crippen LogP contribution is -2.46. The first-order chi connectivity index (χ1) is 8.16. The quantitative estimate of drug-likeness (QED) is 0.880. The second-order valence-electron chi connectivity index (χ2n) is 4.05. The van der Waals surface area contributed by atoms with Crippen LogP contribution in [0.4, 0.5) is 5.69 Å². The van der Waals surface area contributed by atoms with Gasteiger partial charge >= 0.3 is 0 Å². The van der Waals surface area contributed by atoms with E-state index in [1.807, 2.05) is 36.9 Å². The Morgan fingerprint density at radius 1 is 1.59 bits per heavy atom. The smallest absolute Gasteiger partial charge is 0.242 e. The zero-order valence-corrected chi connectivity index (χ0v) is 12.0. The molecule has 17 heavy (non-hydrogen) atoms. The van der Waals surface area contributed by atoms with Gasteiger partial charge in [-0.1, -0.05) is 6.07 Å². The number of carbonyl (C=O) groups excluding carboxylic acids is 1. The topological polar surface area (TPSA) is 41.1 Å². The molecule has 0 aliphatic carbocycles. The van der Waals surface area contributed by atoms with Gasteiger partial charge in [-0.05, 0) is 40.5 Å². The van der Waals surface area contributed by atoms with Gasteiger partial charge < -0.3 is 10.6 Å². The van der Waals surface area contributed by atoms with Crippen molar-refractivity contribution < 1.29 is 4.79 Å². The summed E-state index contributed by atoms with van der Waals surface area (Å²) >= 11 is 5.27. The zero-order valence-electron chi connectivity index (χ0n) is 9.63. The number of nitrogens with one attached hydrogen (secondary N) is 2. The molecule has 1 aromatic rings. The van der Waals surface area contributed by atoms with Gasteiger partial charge in [-0.2, -0.15) is 11.8 Å². The van der Waals surface area contributed by atoms with Crippen molar-refractivity contribution in [2.45, 2.75) is 13.0 Å². The minimum absolute atomic E-state index is 0.0433. The summed E-state index contributed by atoms with van der Waals surface area (Å²) in [6.45, 7) is 2.92. The van der Waals surface area contributed by atoms with E-state index >= 15 is 0 Å². The molecule has 3 nitrogen and oxygen atoms in total. The molecule has 2 N–H and O–H groups in total. The fourth-order valence-corrected chi connectivity index (χ4v) is 3.20. The number of carbonyl (C=O) groups is 1. The SMILES string of the molecule is Cc1ccc(NC(=O)C2CSCCN2)c(Br)c1. The maximum Gasteiger partial charge on any atom is 0.242 e. The number of anilines is 1. The largest absolute Gasteiger partial charge is 0.324 e. The second-order valence-corrected chi connectivity index (χ2v) is 6.06. The molecule has 0 saturated carbocycles. The average molecular weight is 315 g/mol. The van der Waals surface area contributed by atoms with Gasteiger partial charge in [0.2, 0.25) is 5.91 Å². The Hall–Kier alpha value is -0.520. The van der Waals surface area contributed by atoms with Crippen LogP contribution in [-0.2, 0) is 4.79 Å². The van der Waals surface area contributed by atoms with Gasteiger partial charge in [0.1, 0.15) is 0 Å². The summed E-state index contributed by atoms with van der Waals surface area (Å²) in [5.74, 6) is 1.97. The fraction of sp³-hybridized carbons (Fsp3) is 0.417. The lowest BCUT2D eigenvalue weighted by atomic mass is 10.2. The first kappa shape index (κ1) is 12.9. The summed E-state index contributed by atoms with van der Waals surface area (Å²) in [6.07, 6.45) is 0. The predicted molar refractivity (Wildman–Crippen MR) is 76.6 cm³/mol. The molecule has 0 bridgehead atoms. The highest BCUT2D eigenvalue weighted by molar-refractivity contribution is 9.10. The molecule has 1 aromatic carbocycles. The van der Waals surface area contributed by atoms with Gasteiger partial charge in [0.15, 0.2) is 0 Å². The molecule has 1 atom stereocenters. The molecule has 1 unspecified atom stereocenters. The molecule has 1 fully saturated rings.